The molecule has 0 atom stereocenters. The first-order valence-electron chi connectivity index (χ1n) is 6.32. The largest absolute Gasteiger partial charge is 0.405 e. The first-order valence-corrected chi connectivity index (χ1v) is 6.32. The van der Waals surface area contributed by atoms with Crippen LogP contribution in [0.2, 0.25) is 0 Å². The Labute approximate surface area is 112 Å². The van der Waals surface area contributed by atoms with Gasteiger partial charge in [0.15, 0.2) is 0 Å². The van der Waals surface area contributed by atoms with Crippen LogP contribution >= 0.6 is 0 Å². The van der Waals surface area contributed by atoms with Gasteiger partial charge in [-0.05, 0) is 39.4 Å². The van der Waals surface area contributed by atoms with Crippen molar-refractivity contribution in [3.05, 3.63) is 29.3 Å². The van der Waals surface area contributed by atoms with E-state index in [1.54, 1.807) is 27.0 Å². The van der Waals surface area contributed by atoms with Crippen molar-refractivity contribution < 1.29 is 13.2 Å². The molecule has 1 N–H and O–H groups in total. The molecule has 19 heavy (non-hydrogen) atoms. The van der Waals surface area contributed by atoms with Crippen molar-refractivity contribution in [2.75, 3.05) is 18.5 Å². The highest BCUT2D eigenvalue weighted by molar-refractivity contribution is 5.55. The maximum Gasteiger partial charge on any atom is 0.405 e. The second-order valence-corrected chi connectivity index (χ2v) is 5.00. The summed E-state index contributed by atoms with van der Waals surface area (Å²) < 4.78 is 38.1. The summed E-state index contributed by atoms with van der Waals surface area (Å²) in [5, 5.41) is 3.00. The zero-order valence-corrected chi connectivity index (χ0v) is 11.8. The lowest BCUT2D eigenvalue weighted by Gasteiger charge is -2.32. The minimum atomic E-state index is -4.20. The van der Waals surface area contributed by atoms with Crippen LogP contribution < -0.4 is 10.2 Å². The van der Waals surface area contributed by atoms with Gasteiger partial charge in [0.25, 0.3) is 0 Å². The van der Waals surface area contributed by atoms with Crippen LogP contribution in [0.25, 0.3) is 0 Å². The first kappa shape index (κ1) is 15.8. The normalized spacial score (nSPS) is 12.0. The van der Waals surface area contributed by atoms with Gasteiger partial charge >= 0.3 is 6.18 Å². The predicted octanol–water partition coefficient (Wildman–Crippen LogP) is 3.49. The van der Waals surface area contributed by atoms with Crippen molar-refractivity contribution in [2.45, 2.75) is 39.5 Å². The highest BCUT2D eigenvalue weighted by Gasteiger charge is 2.32. The fourth-order valence-corrected chi connectivity index (χ4v) is 2.07. The monoisotopic (exact) mass is 274 g/mol. The van der Waals surface area contributed by atoms with Gasteiger partial charge in [-0.15, -0.1) is 0 Å². The number of nitrogens with one attached hydrogen (secondary N) is 1. The van der Waals surface area contributed by atoms with Gasteiger partial charge in [0.05, 0.1) is 0 Å². The number of aryl methyl sites for hydroxylation is 1. The molecule has 0 aliphatic heterocycles. The standard InChI is InChI=1S/C14H21F3N2/c1-10(2)19(9-14(15,16)17)13-6-5-11(3)7-12(13)8-18-4/h5-7,10,18H,8-9H2,1-4H3. The van der Waals surface area contributed by atoms with Gasteiger partial charge in [-0.25, -0.2) is 0 Å². The van der Waals surface area contributed by atoms with Crippen LogP contribution in [0.1, 0.15) is 25.0 Å². The van der Waals surface area contributed by atoms with E-state index in [-0.39, 0.29) is 6.04 Å². The smallest absolute Gasteiger partial charge is 0.360 e. The number of halogens is 3. The van der Waals surface area contributed by atoms with Crippen LogP contribution in [-0.4, -0.2) is 25.8 Å². The van der Waals surface area contributed by atoms with Crippen LogP contribution in [0.4, 0.5) is 18.9 Å². The molecule has 0 saturated heterocycles. The number of nitrogens with zero attached hydrogens (tertiary/aromatic N) is 1. The van der Waals surface area contributed by atoms with Gasteiger partial charge in [0.1, 0.15) is 6.54 Å². The highest BCUT2D eigenvalue weighted by atomic mass is 19.4. The topological polar surface area (TPSA) is 15.3 Å². The summed E-state index contributed by atoms with van der Waals surface area (Å²) in [6.45, 7) is 5.11. The molecule has 1 aromatic carbocycles. The lowest BCUT2D eigenvalue weighted by molar-refractivity contribution is -0.120. The molecule has 108 valence electrons. The lowest BCUT2D eigenvalue weighted by Crippen LogP contribution is -2.39. The Bertz CT molecular complexity index is 414. The molecular formula is C14H21F3N2. The molecule has 0 fully saturated rings. The van der Waals surface area contributed by atoms with Gasteiger partial charge in [-0.3, -0.25) is 0 Å². The average molecular weight is 274 g/mol. The summed E-state index contributed by atoms with van der Waals surface area (Å²) in [5.74, 6) is 0. The number of rotatable bonds is 5. The number of anilines is 1. The molecule has 0 heterocycles. The molecule has 0 radical (unpaired) electrons. The van der Waals surface area contributed by atoms with Crippen LogP contribution in [0.15, 0.2) is 18.2 Å². The highest BCUT2D eigenvalue weighted by Crippen LogP contribution is 2.28. The van der Waals surface area contributed by atoms with E-state index in [0.29, 0.717) is 12.2 Å². The van der Waals surface area contributed by atoms with E-state index in [1.807, 2.05) is 19.1 Å². The summed E-state index contributed by atoms with van der Waals surface area (Å²) in [7, 11) is 1.79. The summed E-state index contributed by atoms with van der Waals surface area (Å²) in [6.07, 6.45) is -4.20. The number of hydrogen-bond donors (Lipinski definition) is 1. The molecule has 0 bridgehead atoms. The molecule has 5 heteroatoms. The molecule has 0 unspecified atom stereocenters. The summed E-state index contributed by atoms with van der Waals surface area (Å²) >= 11 is 0. The molecule has 0 spiro atoms. The van der Waals surface area contributed by atoms with Gasteiger partial charge in [-0.2, -0.15) is 13.2 Å². The van der Waals surface area contributed by atoms with Crippen LogP contribution in [-0.2, 0) is 6.54 Å². The molecule has 0 amide bonds. The minimum absolute atomic E-state index is 0.208. The molecular weight excluding hydrogens is 253 g/mol. The van der Waals surface area contributed by atoms with E-state index < -0.39 is 12.7 Å². The molecule has 0 aliphatic rings. The van der Waals surface area contributed by atoms with E-state index in [0.717, 1.165) is 11.1 Å². The second-order valence-electron chi connectivity index (χ2n) is 5.00. The van der Waals surface area contributed by atoms with Gasteiger partial charge in [0, 0.05) is 18.3 Å². The van der Waals surface area contributed by atoms with E-state index in [1.165, 1.54) is 4.90 Å². The third-order valence-electron chi connectivity index (χ3n) is 2.88. The van der Waals surface area contributed by atoms with E-state index in [4.69, 9.17) is 0 Å². The second kappa shape index (κ2) is 6.28. The Balaban J connectivity index is 3.14. The SMILES string of the molecule is CNCc1cc(C)ccc1N(CC(F)(F)F)C(C)C. The van der Waals surface area contributed by atoms with E-state index in [9.17, 15) is 13.2 Å². The van der Waals surface area contributed by atoms with Gasteiger partial charge in [-0.1, -0.05) is 17.7 Å². The Morgan fingerprint density at radius 3 is 2.37 bits per heavy atom. The Kier molecular flexibility index (Phi) is 5.23. The van der Waals surface area contributed by atoms with E-state index in [2.05, 4.69) is 5.32 Å². The number of alkyl halides is 3. The first-order chi connectivity index (χ1) is 8.74. The average Bonchev–Trinajstić information content (AvgIpc) is 2.25. The molecule has 0 saturated carbocycles. The van der Waals surface area contributed by atoms with Crippen LogP contribution in [0.3, 0.4) is 0 Å². The van der Waals surface area contributed by atoms with Crippen molar-refractivity contribution in [2.24, 2.45) is 0 Å². The molecule has 0 aromatic heterocycles. The maximum absolute atomic E-state index is 12.7. The molecule has 0 aliphatic carbocycles. The lowest BCUT2D eigenvalue weighted by atomic mass is 10.1. The Morgan fingerprint density at radius 2 is 1.89 bits per heavy atom. The van der Waals surface area contributed by atoms with Gasteiger partial charge < -0.3 is 10.2 Å². The summed E-state index contributed by atoms with van der Waals surface area (Å²) in [4.78, 5) is 1.39. The van der Waals surface area contributed by atoms with Crippen molar-refractivity contribution >= 4 is 5.69 Å². The van der Waals surface area contributed by atoms with Crippen molar-refractivity contribution in [3.63, 3.8) is 0 Å². The zero-order valence-electron chi connectivity index (χ0n) is 11.8. The Morgan fingerprint density at radius 1 is 1.26 bits per heavy atom. The summed E-state index contributed by atoms with van der Waals surface area (Å²) in [6, 6.07) is 5.34. The van der Waals surface area contributed by atoms with Crippen LogP contribution in [0, 0.1) is 6.92 Å². The summed E-state index contributed by atoms with van der Waals surface area (Å²) in [5.41, 5.74) is 2.58. The fraction of sp³-hybridized carbons (Fsp3) is 0.571. The number of benzene rings is 1. The van der Waals surface area contributed by atoms with Crippen molar-refractivity contribution in [1.29, 1.82) is 0 Å². The van der Waals surface area contributed by atoms with Gasteiger partial charge in [0.2, 0.25) is 0 Å². The third kappa shape index (κ3) is 4.74. The predicted molar refractivity (Wildman–Crippen MR) is 72.5 cm³/mol. The van der Waals surface area contributed by atoms with Crippen molar-refractivity contribution in [1.82, 2.24) is 5.32 Å². The number of hydrogen-bond acceptors (Lipinski definition) is 2. The Hall–Kier alpha value is -1.23. The van der Waals surface area contributed by atoms with E-state index >= 15 is 0 Å². The third-order valence-corrected chi connectivity index (χ3v) is 2.88. The van der Waals surface area contributed by atoms with Crippen molar-refractivity contribution in [3.8, 4) is 0 Å². The molecule has 1 aromatic rings. The zero-order chi connectivity index (χ0) is 14.6. The van der Waals surface area contributed by atoms with Crippen LogP contribution in [0.5, 0.6) is 0 Å². The fourth-order valence-electron chi connectivity index (χ4n) is 2.07. The molecule has 2 nitrogen and oxygen atoms in total. The maximum atomic E-state index is 12.7. The quantitative estimate of drug-likeness (QED) is 0.884. The minimum Gasteiger partial charge on any atom is -0.360 e. The molecule has 1 rings (SSSR count).